The van der Waals surface area contributed by atoms with Crippen LogP contribution in [0.3, 0.4) is 0 Å². The zero-order chi connectivity index (χ0) is 41.4. The van der Waals surface area contributed by atoms with E-state index in [9.17, 15) is 21.6 Å². The number of nitrogens with one attached hydrogen (secondary N) is 2. The van der Waals surface area contributed by atoms with E-state index >= 15 is 0 Å². The van der Waals surface area contributed by atoms with E-state index in [-0.39, 0.29) is 21.7 Å². The highest BCUT2D eigenvalue weighted by atomic mass is 32.2. The fourth-order valence-corrected chi connectivity index (χ4v) is 16.3. The highest BCUT2D eigenvalue weighted by molar-refractivity contribution is 7.91. The van der Waals surface area contributed by atoms with Gasteiger partial charge in [0.2, 0.25) is 0 Å². The fraction of sp³-hybridized carbons (Fsp3) is 0.761. The molecule has 0 bridgehead atoms. The number of rotatable bonds is 11. The summed E-state index contributed by atoms with van der Waals surface area (Å²) in [7, 11) is -3.91. The molecule has 7 rings (SSSR count). The predicted molar refractivity (Wildman–Crippen MR) is 231 cm³/mol. The van der Waals surface area contributed by atoms with Crippen LogP contribution in [0.1, 0.15) is 122 Å². The molecule has 5 aliphatic carbocycles. The number of carbonyl (C=O) groups is 1. The molecule has 1 heterocycles. The first-order chi connectivity index (χ1) is 26.6. The largest absolute Gasteiger partial charge is 0.316 e. The minimum Gasteiger partial charge on any atom is -0.316 e. The summed E-state index contributed by atoms with van der Waals surface area (Å²) in [5.74, 6) is 3.11. The van der Waals surface area contributed by atoms with Crippen molar-refractivity contribution in [1.29, 1.82) is 0 Å². The third-order valence-electron chi connectivity index (χ3n) is 17.7. The molecule has 57 heavy (non-hydrogen) atoms. The summed E-state index contributed by atoms with van der Waals surface area (Å²) in [4.78, 5) is 15.1. The second kappa shape index (κ2) is 15.1. The Morgan fingerprint density at radius 1 is 0.912 bits per heavy atom. The summed E-state index contributed by atoms with van der Waals surface area (Å²) in [6.45, 7) is 24.2. The van der Waals surface area contributed by atoms with Crippen LogP contribution in [0, 0.1) is 56.7 Å². The summed E-state index contributed by atoms with van der Waals surface area (Å²) < 4.78 is 51.5. The Kier molecular flexibility index (Phi) is 11.4. The minimum absolute atomic E-state index is 0.0558. The van der Waals surface area contributed by atoms with Crippen LogP contribution in [0.5, 0.6) is 0 Å². The van der Waals surface area contributed by atoms with E-state index in [0.29, 0.717) is 65.2 Å². The first-order valence-electron chi connectivity index (χ1n) is 21.9. The molecule has 0 aromatic heterocycles. The molecule has 9 atom stereocenters. The van der Waals surface area contributed by atoms with Gasteiger partial charge < -0.3 is 10.2 Å². The average molecular weight is 825 g/mol. The van der Waals surface area contributed by atoms with Crippen LogP contribution in [-0.4, -0.2) is 90.3 Å². The zero-order valence-corrected chi connectivity index (χ0v) is 37.9. The summed E-state index contributed by atoms with van der Waals surface area (Å²) in [5.41, 5.74) is 5.15. The van der Waals surface area contributed by atoms with Crippen molar-refractivity contribution in [2.75, 3.05) is 58.3 Å². The van der Waals surface area contributed by atoms with Crippen LogP contribution in [0.4, 0.5) is 0 Å². The Labute approximate surface area is 345 Å². The molecule has 11 heteroatoms. The highest BCUT2D eigenvalue weighted by Gasteiger charge is 2.70. The van der Waals surface area contributed by atoms with Gasteiger partial charge in [0.25, 0.3) is 5.91 Å². The third kappa shape index (κ3) is 7.33. The zero-order valence-electron chi connectivity index (χ0n) is 36.3. The van der Waals surface area contributed by atoms with Gasteiger partial charge in [0.1, 0.15) is 0 Å². The van der Waals surface area contributed by atoms with Gasteiger partial charge in [0.15, 0.2) is 9.84 Å². The van der Waals surface area contributed by atoms with E-state index in [2.05, 4.69) is 69.1 Å². The Bertz CT molecular complexity index is 1960. The lowest BCUT2D eigenvalue weighted by molar-refractivity contribution is -0.225. The van der Waals surface area contributed by atoms with Gasteiger partial charge in [-0.3, -0.25) is 4.79 Å². The van der Waals surface area contributed by atoms with Crippen molar-refractivity contribution in [2.24, 2.45) is 56.7 Å². The molecule has 1 aromatic carbocycles. The maximum absolute atomic E-state index is 12.8. The number of fused-ring (bicyclic) bond motifs is 7. The van der Waals surface area contributed by atoms with Crippen molar-refractivity contribution >= 4 is 31.5 Å². The molecule has 9 unspecified atom stereocenters. The van der Waals surface area contributed by atoms with Crippen LogP contribution in [0.2, 0.25) is 0 Å². The van der Waals surface area contributed by atoms with Gasteiger partial charge in [-0.2, -0.15) is 12.7 Å². The Morgan fingerprint density at radius 2 is 1.60 bits per heavy atom. The van der Waals surface area contributed by atoms with E-state index in [1.54, 1.807) is 12.1 Å². The van der Waals surface area contributed by atoms with E-state index in [1.165, 1.54) is 76.6 Å². The number of nitrogens with zero attached hydrogens (tertiary/aromatic N) is 2. The Morgan fingerprint density at radius 3 is 2.25 bits per heavy atom. The number of hydrogen-bond donors (Lipinski definition) is 2. The first kappa shape index (κ1) is 43.1. The van der Waals surface area contributed by atoms with Crippen molar-refractivity contribution in [3.63, 3.8) is 0 Å². The van der Waals surface area contributed by atoms with Crippen molar-refractivity contribution < 1.29 is 21.6 Å². The van der Waals surface area contributed by atoms with Crippen LogP contribution >= 0.6 is 0 Å². The minimum atomic E-state index is -3.87. The van der Waals surface area contributed by atoms with Gasteiger partial charge in [-0.1, -0.05) is 65.0 Å². The van der Waals surface area contributed by atoms with Gasteiger partial charge in [0.05, 0.1) is 11.5 Å². The van der Waals surface area contributed by atoms with Gasteiger partial charge in [-0.05, 0) is 164 Å². The molecule has 5 fully saturated rings. The maximum Gasteiger partial charge on any atom is 0.303 e. The number of amides is 1. The van der Waals surface area contributed by atoms with Crippen molar-refractivity contribution in [3.8, 4) is 0 Å². The van der Waals surface area contributed by atoms with Gasteiger partial charge >= 0.3 is 10.2 Å². The molecule has 318 valence electrons. The lowest BCUT2D eigenvalue weighted by Crippen LogP contribution is -2.65. The second-order valence-corrected chi connectivity index (χ2v) is 25.1. The van der Waals surface area contributed by atoms with Crippen LogP contribution in [0.15, 0.2) is 42.5 Å². The number of sulfone groups is 1. The quantitative estimate of drug-likeness (QED) is 0.175. The topological polar surface area (TPSA) is 116 Å². The Hall–Kier alpha value is -2.05. The van der Waals surface area contributed by atoms with E-state index in [0.717, 1.165) is 42.3 Å². The first-order valence-corrected chi connectivity index (χ1v) is 25.2. The lowest BCUT2D eigenvalue weighted by atomic mass is 9.32. The fourth-order valence-electron chi connectivity index (χ4n) is 14.5. The van der Waals surface area contributed by atoms with Gasteiger partial charge in [-0.25, -0.2) is 13.1 Å². The molecular formula is C46H72N4O5S2. The molecule has 4 saturated carbocycles. The van der Waals surface area contributed by atoms with E-state index < -0.39 is 26.0 Å². The van der Waals surface area contributed by atoms with Crippen LogP contribution in [-0.2, 0) is 20.0 Å². The van der Waals surface area contributed by atoms with Crippen molar-refractivity contribution in [3.05, 3.63) is 53.6 Å². The van der Waals surface area contributed by atoms with Crippen molar-refractivity contribution in [1.82, 2.24) is 19.2 Å². The van der Waals surface area contributed by atoms with Gasteiger partial charge in [-0.15, -0.1) is 0 Å². The van der Waals surface area contributed by atoms with E-state index in [1.807, 2.05) is 12.1 Å². The number of carbonyl (C=O) groups excluding carboxylic acids is 1. The lowest BCUT2D eigenvalue weighted by Gasteiger charge is -2.72. The molecule has 2 N–H and O–H groups in total. The average Bonchev–Trinajstić information content (AvgIpc) is 3.52. The molecule has 1 aromatic rings. The number of benzene rings is 1. The molecule has 1 amide bonds. The number of hydrogen-bond acceptors (Lipinski definition) is 7. The van der Waals surface area contributed by atoms with Crippen molar-refractivity contribution in [2.45, 2.75) is 106 Å². The molecule has 1 aliphatic heterocycles. The second-order valence-electron chi connectivity index (χ2n) is 20.9. The molecular weight excluding hydrogens is 753 g/mol. The molecule has 1 saturated heterocycles. The molecule has 6 aliphatic rings. The highest BCUT2D eigenvalue weighted by Crippen LogP contribution is 2.77. The van der Waals surface area contributed by atoms with Crippen LogP contribution < -0.4 is 10.0 Å². The summed E-state index contributed by atoms with van der Waals surface area (Å²) in [5, 5.41) is 3.97. The van der Waals surface area contributed by atoms with Crippen LogP contribution in [0.25, 0.3) is 5.57 Å². The summed E-state index contributed by atoms with van der Waals surface area (Å²) >= 11 is 0. The normalized spacial score (nSPS) is 38.6. The van der Waals surface area contributed by atoms with Gasteiger partial charge in [0, 0.05) is 39.3 Å². The molecule has 9 nitrogen and oxygen atoms in total. The third-order valence-corrected chi connectivity index (χ3v) is 20.7. The maximum atomic E-state index is 12.8. The standard InChI is InChI=1S/C46H72N4O5S2/c1-32(2)35-17-22-46(31-47-25-10-26-50-27-29-56(52,53)30-28-50)24-23-44(6)37(40(35)46)15-16-39-43(5)20-18-36(42(3,4)38(43)19-21-45(39,44)7)33-11-13-34(14-12-33)41(51)48-57(54,55)49(8)9/h11-14,18,35,37-40,47H,1,10,15-17,19-31H2,2-9H3,(H,48,51). The summed E-state index contributed by atoms with van der Waals surface area (Å²) in [6, 6.07) is 7.51. The smallest absolute Gasteiger partial charge is 0.303 e. The molecule has 0 radical (unpaired) electrons. The van der Waals surface area contributed by atoms with E-state index in [4.69, 9.17) is 0 Å². The number of allylic oxidation sites excluding steroid dienone is 3. The SMILES string of the molecule is C=C(C)C1CCC2(CNCCCN3CCS(=O)(=O)CC3)CCC3(C)C(CCC4C5(C)CC=C(c6ccc(C(=O)NS(=O)(=O)N(C)C)cc6)C(C)(C)C5CCC43C)C12. The monoisotopic (exact) mass is 824 g/mol. The Balaban J connectivity index is 1.07. The molecule has 0 spiro atoms. The predicted octanol–water partition coefficient (Wildman–Crippen LogP) is 7.58. The summed E-state index contributed by atoms with van der Waals surface area (Å²) in [6.07, 6.45) is 14.8.